The molecule has 0 aromatic rings. The first-order valence-electron chi connectivity index (χ1n) is 1.88. The fourth-order valence-corrected chi connectivity index (χ4v) is 0.340. The molecule has 0 atom stereocenters. The summed E-state index contributed by atoms with van der Waals surface area (Å²) in [6, 6.07) is 0. The van der Waals surface area contributed by atoms with E-state index < -0.39 is 0 Å². The molecule has 1 aliphatic rings. The molecule has 0 aromatic carbocycles. The van der Waals surface area contributed by atoms with Gasteiger partial charge < -0.3 is 0 Å². The molecule has 0 aliphatic heterocycles. The molecule has 0 spiro atoms. The van der Waals surface area contributed by atoms with Gasteiger partial charge in [-0.1, -0.05) is 0 Å². The van der Waals surface area contributed by atoms with E-state index in [1.54, 1.807) is 0 Å². The Kier molecular flexibility index (Phi) is 14.3. The monoisotopic (exact) mass is 215 g/mol. The van der Waals surface area contributed by atoms with Gasteiger partial charge in [-0.05, 0) is 0 Å². The van der Waals surface area contributed by atoms with Crippen LogP contribution in [0.25, 0.3) is 0 Å². The second-order valence-corrected chi connectivity index (χ2v) is 1.00. The Morgan fingerprint density at radius 3 is 2.25 bits per heavy atom. The van der Waals surface area contributed by atoms with E-state index in [0.717, 1.165) is 6.42 Å². The van der Waals surface area contributed by atoms with Crippen molar-refractivity contribution in [2.75, 3.05) is 0 Å². The third-order valence-corrected chi connectivity index (χ3v) is 0.586. The molecule has 1 rings (SSSR count). The van der Waals surface area contributed by atoms with E-state index in [-0.39, 0.29) is 12.4 Å². The van der Waals surface area contributed by atoms with Crippen molar-refractivity contribution in [3.8, 4) is 0 Å². The predicted molar refractivity (Wildman–Crippen MR) is 29.5 cm³/mol. The van der Waals surface area contributed by atoms with Crippen LogP contribution in [0.2, 0.25) is 0 Å². The summed E-state index contributed by atoms with van der Waals surface area (Å²) in [7, 11) is 0. The van der Waals surface area contributed by atoms with E-state index >= 15 is 0 Å². The number of halogens is 1. The molecule has 3 heteroatoms. The standard InChI is InChI=1S/C5H5.ClH.Mo.O/c1-2-4-5-3-1;;;/h1-3H,4H2;1H;;/q-1;;;. The van der Waals surface area contributed by atoms with Crippen molar-refractivity contribution in [2.45, 2.75) is 6.42 Å². The first-order chi connectivity index (χ1) is 3.50. The summed E-state index contributed by atoms with van der Waals surface area (Å²) in [4.78, 5) is 0. The summed E-state index contributed by atoms with van der Waals surface area (Å²) >= 11 is 0.700. The average molecular weight is 213 g/mol. The molecule has 46 valence electrons. The van der Waals surface area contributed by atoms with Gasteiger partial charge in [-0.3, -0.25) is 6.08 Å². The van der Waals surface area contributed by atoms with E-state index in [1.165, 1.54) is 0 Å². The molecule has 1 nitrogen and oxygen atoms in total. The zero-order chi connectivity index (χ0) is 5.54. The Morgan fingerprint density at radius 1 is 1.50 bits per heavy atom. The summed E-state index contributed by atoms with van der Waals surface area (Å²) in [5, 5.41) is 0. The van der Waals surface area contributed by atoms with Gasteiger partial charge in [0, 0.05) is 0 Å². The molecular weight excluding hydrogens is 207 g/mol. The van der Waals surface area contributed by atoms with Crippen molar-refractivity contribution in [1.29, 1.82) is 0 Å². The predicted octanol–water partition coefficient (Wildman–Crippen LogP) is 1.61. The number of allylic oxidation sites excluding steroid dienone is 4. The van der Waals surface area contributed by atoms with Gasteiger partial charge in [0.15, 0.2) is 0 Å². The molecule has 0 heterocycles. The van der Waals surface area contributed by atoms with Gasteiger partial charge in [-0.25, -0.2) is 12.2 Å². The van der Waals surface area contributed by atoms with Gasteiger partial charge >= 0.3 is 23.2 Å². The van der Waals surface area contributed by atoms with Crippen molar-refractivity contribution in [3.05, 3.63) is 24.3 Å². The van der Waals surface area contributed by atoms with Crippen LogP contribution in [-0.2, 0) is 23.2 Å². The van der Waals surface area contributed by atoms with Gasteiger partial charge in [0.1, 0.15) is 0 Å². The molecule has 8 heavy (non-hydrogen) atoms. The molecule has 0 aromatic heterocycles. The van der Waals surface area contributed by atoms with Crippen LogP contribution in [0.5, 0.6) is 0 Å². The summed E-state index contributed by atoms with van der Waals surface area (Å²) in [6.07, 6.45) is 10.0. The van der Waals surface area contributed by atoms with Crippen LogP contribution < -0.4 is 0 Å². The topological polar surface area (TPSA) is 17.1 Å². The summed E-state index contributed by atoms with van der Waals surface area (Å²) in [5.74, 6) is 0. The van der Waals surface area contributed by atoms with Crippen LogP contribution in [0.1, 0.15) is 6.42 Å². The Morgan fingerprint density at radius 2 is 2.12 bits per heavy atom. The summed E-state index contributed by atoms with van der Waals surface area (Å²) in [6.45, 7) is 0. The van der Waals surface area contributed by atoms with Crippen LogP contribution in [0.4, 0.5) is 0 Å². The molecule has 0 amide bonds. The number of hydrogen-bond donors (Lipinski definition) is 0. The van der Waals surface area contributed by atoms with Crippen LogP contribution in [0.15, 0.2) is 18.2 Å². The fourth-order valence-electron chi connectivity index (χ4n) is 0.340. The van der Waals surface area contributed by atoms with Crippen molar-refractivity contribution < 1.29 is 23.2 Å². The Bertz CT molecular complexity index is 80.4. The van der Waals surface area contributed by atoms with E-state index in [2.05, 4.69) is 12.2 Å². The van der Waals surface area contributed by atoms with Crippen LogP contribution in [0, 0.1) is 6.08 Å². The Balaban J connectivity index is 0. The van der Waals surface area contributed by atoms with Gasteiger partial charge in [-0.15, -0.1) is 18.8 Å². The van der Waals surface area contributed by atoms with Gasteiger partial charge in [0.05, 0.1) is 0 Å². The number of rotatable bonds is 0. The molecule has 0 bridgehead atoms. The van der Waals surface area contributed by atoms with Crippen molar-refractivity contribution in [3.63, 3.8) is 0 Å². The zero-order valence-electron chi connectivity index (χ0n) is 4.16. The second-order valence-electron chi connectivity index (χ2n) is 1.00. The van der Waals surface area contributed by atoms with Gasteiger partial charge in [0.2, 0.25) is 0 Å². The van der Waals surface area contributed by atoms with Gasteiger partial charge in [0.25, 0.3) is 0 Å². The Labute approximate surface area is 66.5 Å². The third-order valence-electron chi connectivity index (χ3n) is 0.586. The van der Waals surface area contributed by atoms with E-state index in [9.17, 15) is 0 Å². The van der Waals surface area contributed by atoms with Crippen molar-refractivity contribution in [1.82, 2.24) is 0 Å². The van der Waals surface area contributed by atoms with Crippen molar-refractivity contribution in [2.24, 2.45) is 0 Å². The molecular formula is C5H6ClMoO-. The van der Waals surface area contributed by atoms with Gasteiger partial charge in [-0.2, -0.15) is 6.08 Å². The average Bonchev–Trinajstić information content (AvgIpc) is 2.23. The normalized spacial score (nSPS) is 11.5. The Hall–Kier alpha value is 0.258. The molecule has 0 unspecified atom stereocenters. The minimum absolute atomic E-state index is 0. The number of hydrogen-bond acceptors (Lipinski definition) is 1. The summed E-state index contributed by atoms with van der Waals surface area (Å²) in [5.41, 5.74) is 0. The van der Waals surface area contributed by atoms with E-state index in [4.69, 9.17) is 3.40 Å². The minimum atomic E-state index is 0. The van der Waals surface area contributed by atoms with Crippen LogP contribution in [0.3, 0.4) is 0 Å². The molecule has 0 saturated carbocycles. The molecule has 1 aliphatic carbocycles. The van der Waals surface area contributed by atoms with E-state index in [0.29, 0.717) is 19.8 Å². The molecule has 0 saturated heterocycles. The SMILES string of the molecule is Cl.[C-]1=CC=CC1.[O]=[Mo]. The maximum absolute atomic E-state index is 8.26. The fraction of sp³-hybridized carbons (Fsp3) is 0.200. The maximum atomic E-state index is 8.26. The molecule has 0 N–H and O–H groups in total. The first-order valence-corrected chi connectivity index (χ1v) is 2.70. The van der Waals surface area contributed by atoms with Crippen LogP contribution >= 0.6 is 12.4 Å². The molecule has 0 radical (unpaired) electrons. The third kappa shape index (κ3) is 6.26. The molecule has 0 fully saturated rings. The summed E-state index contributed by atoms with van der Waals surface area (Å²) < 4.78 is 8.26. The zero-order valence-corrected chi connectivity index (χ0v) is 6.99. The quantitative estimate of drug-likeness (QED) is 0.441. The van der Waals surface area contributed by atoms with Crippen LogP contribution in [-0.4, -0.2) is 0 Å². The second kappa shape index (κ2) is 10.3. The van der Waals surface area contributed by atoms with E-state index in [1.807, 2.05) is 12.2 Å². The van der Waals surface area contributed by atoms with Crippen molar-refractivity contribution >= 4 is 12.4 Å². The first kappa shape index (κ1) is 11.1.